The largest absolute Gasteiger partial charge is 0.495 e. The number of rotatable bonds is 20. The number of piperidine rings is 2. The molecule has 4 aromatic rings. The summed E-state index contributed by atoms with van der Waals surface area (Å²) in [5.74, 6) is 2.32. The summed E-state index contributed by atoms with van der Waals surface area (Å²) in [5, 5.41) is 17.9. The van der Waals surface area contributed by atoms with E-state index in [4.69, 9.17) is 19.4 Å². The van der Waals surface area contributed by atoms with Crippen LogP contribution in [-0.4, -0.2) is 116 Å². The van der Waals surface area contributed by atoms with Gasteiger partial charge in [-0.25, -0.2) is 4.98 Å². The van der Waals surface area contributed by atoms with Crippen molar-refractivity contribution in [3.8, 4) is 17.2 Å². The molecular weight excluding hydrogens is 891 g/mol. The predicted molar refractivity (Wildman–Crippen MR) is 263 cm³/mol. The Labute approximate surface area is 409 Å². The summed E-state index contributed by atoms with van der Waals surface area (Å²) in [5.41, 5.74) is 2.51. The number of amides is 5. The fourth-order valence-electron chi connectivity index (χ4n) is 11.0. The third kappa shape index (κ3) is 10.5. The molecule has 2 aromatic heterocycles. The van der Waals surface area contributed by atoms with Gasteiger partial charge >= 0.3 is 0 Å². The minimum absolute atomic E-state index is 0.0638. The Kier molecular flexibility index (Phi) is 15.3. The van der Waals surface area contributed by atoms with E-state index in [0.29, 0.717) is 41.2 Å². The average Bonchev–Trinajstić information content (AvgIpc) is 3.88. The van der Waals surface area contributed by atoms with Crippen LogP contribution in [0.1, 0.15) is 165 Å². The molecule has 372 valence electrons. The molecule has 18 nitrogen and oxygen atoms in total. The van der Waals surface area contributed by atoms with Crippen molar-refractivity contribution in [2.24, 2.45) is 5.92 Å². The minimum Gasteiger partial charge on any atom is -0.495 e. The fraction of sp³-hybridized carbons (Fsp3) is 0.558. The van der Waals surface area contributed by atoms with E-state index in [1.165, 1.54) is 32.1 Å². The smallest absolute Gasteiger partial charge is 0.266 e. The molecule has 0 radical (unpaired) electrons. The molecule has 2 aromatic carbocycles. The van der Waals surface area contributed by atoms with Gasteiger partial charge in [0.2, 0.25) is 17.8 Å². The van der Waals surface area contributed by atoms with Crippen molar-refractivity contribution in [2.45, 2.75) is 141 Å². The summed E-state index contributed by atoms with van der Waals surface area (Å²) >= 11 is 0. The molecule has 1 saturated carbocycles. The van der Waals surface area contributed by atoms with Crippen LogP contribution in [0.4, 0.5) is 17.5 Å². The summed E-state index contributed by atoms with van der Waals surface area (Å²) < 4.78 is 13.9. The van der Waals surface area contributed by atoms with Crippen molar-refractivity contribution in [1.82, 2.24) is 45.2 Å². The highest BCUT2D eigenvalue weighted by atomic mass is 16.5. The maximum Gasteiger partial charge on any atom is 0.266 e. The quantitative estimate of drug-likeness (QED) is 0.0584. The molecule has 2 saturated heterocycles. The van der Waals surface area contributed by atoms with Gasteiger partial charge in [0, 0.05) is 37.7 Å². The van der Waals surface area contributed by atoms with Gasteiger partial charge in [-0.15, -0.1) is 10.2 Å². The molecule has 0 spiro atoms. The molecule has 2 unspecified atom stereocenters. The zero-order valence-electron chi connectivity index (χ0n) is 40.8. The molecular formula is C52H67N11O7. The fourth-order valence-corrected chi connectivity index (χ4v) is 11.0. The van der Waals surface area contributed by atoms with Crippen LogP contribution >= 0.6 is 0 Å². The molecule has 5 amide bonds. The third-order valence-corrected chi connectivity index (χ3v) is 14.8. The number of ether oxygens (including phenoxy) is 2. The number of aryl methyl sites for hydroxylation is 1. The van der Waals surface area contributed by atoms with Crippen LogP contribution in [0.3, 0.4) is 0 Å². The van der Waals surface area contributed by atoms with Crippen LogP contribution in [0.5, 0.6) is 11.5 Å². The van der Waals surface area contributed by atoms with Crippen molar-refractivity contribution in [2.75, 3.05) is 50.1 Å². The number of fused-ring (bicyclic) bond motifs is 4. The standard InChI is InChI=1S/C52H67N11O7/c1-4-39-47-59-58-33(2)62(47)41-31-53-52(57-46(41)61(39)32-34-16-11-10-12-17-34)55-38-21-20-35(30-43(38)69-3)48(65)54-36-24-27-60(28-25-36)26-13-8-6-5-7-9-14-29-70-42-19-15-18-37-45(42)51(68)63(50(37)67)40-22-23-44(64)56-49(40)66/h15,18-21,30-31,34,36,39-40H,4-14,16-17,22-29,32H2,1-3H3,(H,54,65)(H,53,55,57)(H,56,64,66). The number of aromatic nitrogens is 5. The number of anilines is 3. The Morgan fingerprint density at radius 3 is 2.40 bits per heavy atom. The van der Waals surface area contributed by atoms with Gasteiger partial charge in [0.15, 0.2) is 11.6 Å². The van der Waals surface area contributed by atoms with Crippen molar-refractivity contribution < 1.29 is 33.4 Å². The van der Waals surface area contributed by atoms with Gasteiger partial charge in [-0.2, -0.15) is 4.98 Å². The number of unbranched alkanes of at least 4 members (excludes halogenated alkanes) is 6. The summed E-state index contributed by atoms with van der Waals surface area (Å²) in [7, 11) is 1.61. The molecule has 4 aliphatic heterocycles. The van der Waals surface area contributed by atoms with E-state index < -0.39 is 29.7 Å². The van der Waals surface area contributed by atoms with Crippen molar-refractivity contribution >= 4 is 47.0 Å². The number of hydrogen-bond acceptors (Lipinski definition) is 14. The third-order valence-electron chi connectivity index (χ3n) is 14.8. The monoisotopic (exact) mass is 958 g/mol. The molecule has 3 N–H and O–H groups in total. The first-order valence-corrected chi connectivity index (χ1v) is 25.6. The zero-order valence-corrected chi connectivity index (χ0v) is 40.8. The lowest BCUT2D eigenvalue weighted by atomic mass is 9.88. The molecule has 18 heteroatoms. The number of benzene rings is 2. The van der Waals surface area contributed by atoms with Gasteiger partial charge in [-0.05, 0) is 101 Å². The second kappa shape index (κ2) is 22.1. The van der Waals surface area contributed by atoms with Crippen molar-refractivity contribution in [1.29, 1.82) is 0 Å². The van der Waals surface area contributed by atoms with Gasteiger partial charge < -0.3 is 29.9 Å². The van der Waals surface area contributed by atoms with Crippen LogP contribution in [0.25, 0.3) is 5.69 Å². The highest BCUT2D eigenvalue weighted by Crippen LogP contribution is 2.41. The number of hydrogen-bond donors (Lipinski definition) is 3. The van der Waals surface area contributed by atoms with Crippen molar-refractivity contribution in [3.63, 3.8) is 0 Å². The Morgan fingerprint density at radius 1 is 0.871 bits per heavy atom. The molecule has 5 aliphatic rings. The molecule has 2 atom stereocenters. The maximum absolute atomic E-state index is 13.5. The lowest BCUT2D eigenvalue weighted by Crippen LogP contribution is -2.54. The first-order valence-electron chi connectivity index (χ1n) is 25.6. The normalized spacial score (nSPS) is 19.7. The van der Waals surface area contributed by atoms with Crippen LogP contribution in [-0.2, 0) is 9.59 Å². The highest BCUT2D eigenvalue weighted by molar-refractivity contribution is 6.24. The summed E-state index contributed by atoms with van der Waals surface area (Å²) in [6.07, 6.45) is 18.5. The molecule has 3 fully saturated rings. The van der Waals surface area contributed by atoms with Gasteiger partial charge in [-0.1, -0.05) is 64.4 Å². The van der Waals surface area contributed by atoms with Crippen molar-refractivity contribution in [3.05, 3.63) is 70.9 Å². The number of likely N-dealkylation sites (tertiary alicyclic amines) is 1. The molecule has 0 bridgehead atoms. The van der Waals surface area contributed by atoms with E-state index in [1.807, 2.05) is 25.3 Å². The van der Waals surface area contributed by atoms with E-state index in [9.17, 15) is 24.0 Å². The van der Waals surface area contributed by atoms with Gasteiger partial charge in [0.1, 0.15) is 29.1 Å². The summed E-state index contributed by atoms with van der Waals surface area (Å²) in [4.78, 5) is 79.7. The van der Waals surface area contributed by atoms with Crippen LogP contribution in [0.2, 0.25) is 0 Å². The second-order valence-corrected chi connectivity index (χ2v) is 19.5. The van der Waals surface area contributed by atoms with E-state index >= 15 is 0 Å². The first kappa shape index (κ1) is 48.6. The second-order valence-electron chi connectivity index (χ2n) is 19.5. The summed E-state index contributed by atoms with van der Waals surface area (Å²) in [6, 6.07) is 9.56. The predicted octanol–water partition coefficient (Wildman–Crippen LogP) is 7.37. The minimum atomic E-state index is -1.01. The maximum atomic E-state index is 13.5. The zero-order chi connectivity index (χ0) is 48.7. The van der Waals surface area contributed by atoms with Crippen LogP contribution in [0.15, 0.2) is 42.6 Å². The number of nitrogens with zero attached hydrogens (tertiary/aromatic N) is 8. The van der Waals surface area contributed by atoms with Crippen LogP contribution < -0.4 is 30.3 Å². The number of carbonyl (C=O) groups is 5. The van der Waals surface area contributed by atoms with E-state index in [2.05, 4.69) is 47.4 Å². The Balaban J connectivity index is 0.678. The number of carbonyl (C=O) groups excluding carboxylic acids is 5. The average molecular weight is 958 g/mol. The van der Waals surface area contributed by atoms with E-state index in [-0.39, 0.29) is 42.0 Å². The van der Waals surface area contributed by atoms with E-state index in [1.54, 1.807) is 31.4 Å². The van der Waals surface area contributed by atoms with Gasteiger partial charge in [0.25, 0.3) is 17.7 Å². The Bertz CT molecular complexity index is 2570. The summed E-state index contributed by atoms with van der Waals surface area (Å²) in [6.45, 7) is 8.46. The lowest BCUT2D eigenvalue weighted by molar-refractivity contribution is -0.136. The highest BCUT2D eigenvalue weighted by Gasteiger charge is 2.46. The SMILES string of the molecule is CCC1c2nnc(C)n2-c2cnc(Nc3ccc(C(=O)NC4CCN(CCCCCCCCCOc5cccc6c5C(=O)N(C5CCC(=O)NC5=O)C6=O)CC4)cc3OC)nc2N1CC1CCCCC1. The first-order chi connectivity index (χ1) is 34.1. The molecule has 1 aliphatic carbocycles. The number of imide groups is 2. The Morgan fingerprint density at radius 2 is 1.64 bits per heavy atom. The topological polar surface area (TPSA) is 206 Å². The van der Waals surface area contributed by atoms with Gasteiger partial charge in [-0.3, -0.25) is 38.8 Å². The lowest BCUT2D eigenvalue weighted by Gasteiger charge is -2.39. The number of methoxy groups -OCH3 is 1. The van der Waals surface area contributed by atoms with E-state index in [0.717, 1.165) is 118 Å². The Hall–Kier alpha value is -6.43. The molecule has 6 heterocycles. The van der Waals surface area contributed by atoms with Crippen LogP contribution in [0, 0.1) is 12.8 Å². The number of nitrogens with one attached hydrogen (secondary N) is 3. The molecule has 70 heavy (non-hydrogen) atoms. The molecule has 9 rings (SSSR count). The van der Waals surface area contributed by atoms with Gasteiger partial charge in [0.05, 0.1) is 42.8 Å².